The van der Waals surface area contributed by atoms with Crippen LogP contribution >= 0.6 is 22.9 Å². The molecule has 88 valence electrons. The first-order valence-electron chi connectivity index (χ1n) is 5.17. The molecule has 18 heavy (non-hydrogen) atoms. The van der Waals surface area contributed by atoms with Gasteiger partial charge in [0.1, 0.15) is 0 Å². The summed E-state index contributed by atoms with van der Waals surface area (Å²) in [6, 6.07) is 12.5. The van der Waals surface area contributed by atoms with Crippen molar-refractivity contribution in [3.63, 3.8) is 0 Å². The predicted octanol–water partition coefficient (Wildman–Crippen LogP) is 4.17. The van der Waals surface area contributed by atoms with Gasteiger partial charge in [-0.25, -0.2) is 0 Å². The van der Waals surface area contributed by atoms with Crippen molar-refractivity contribution >= 4 is 34.8 Å². The fourth-order valence-corrected chi connectivity index (χ4v) is 2.33. The maximum Gasteiger partial charge on any atom is 0.195 e. The summed E-state index contributed by atoms with van der Waals surface area (Å²) in [5, 5.41) is 8.66. The van der Waals surface area contributed by atoms with Crippen LogP contribution in [0, 0.1) is 11.3 Å². The Morgan fingerprint density at radius 1 is 1.22 bits per heavy atom. The van der Waals surface area contributed by atoms with Gasteiger partial charge in [0.2, 0.25) is 0 Å². The van der Waals surface area contributed by atoms with E-state index in [9.17, 15) is 4.79 Å². The van der Waals surface area contributed by atoms with Crippen LogP contribution in [0.4, 0.5) is 0 Å². The highest BCUT2D eigenvalue weighted by atomic mass is 35.5. The number of rotatable bonds is 3. The van der Waals surface area contributed by atoms with Gasteiger partial charge in [0.05, 0.1) is 20.8 Å². The zero-order chi connectivity index (χ0) is 13.0. The van der Waals surface area contributed by atoms with E-state index in [-0.39, 0.29) is 5.78 Å². The second kappa shape index (κ2) is 5.63. The summed E-state index contributed by atoms with van der Waals surface area (Å²) in [5.41, 5.74) is 1.48. The maximum absolute atomic E-state index is 11.8. The second-order valence-corrected chi connectivity index (χ2v) is 5.25. The van der Waals surface area contributed by atoms with Crippen LogP contribution in [0.1, 0.15) is 20.8 Å². The molecule has 1 heterocycles. The molecule has 1 aromatic carbocycles. The van der Waals surface area contributed by atoms with Gasteiger partial charge in [0.25, 0.3) is 0 Å². The van der Waals surface area contributed by atoms with Crippen molar-refractivity contribution in [3.8, 4) is 6.07 Å². The van der Waals surface area contributed by atoms with E-state index in [1.165, 1.54) is 17.4 Å². The lowest BCUT2D eigenvalue weighted by atomic mass is 10.1. The van der Waals surface area contributed by atoms with Crippen LogP contribution in [0.15, 0.2) is 42.5 Å². The van der Waals surface area contributed by atoms with Gasteiger partial charge in [-0.3, -0.25) is 4.79 Å². The molecule has 2 aromatic rings. The van der Waals surface area contributed by atoms with E-state index in [1.807, 2.05) is 6.07 Å². The van der Waals surface area contributed by atoms with Gasteiger partial charge in [0.15, 0.2) is 5.78 Å². The lowest BCUT2D eigenvalue weighted by Crippen LogP contribution is -1.88. The number of hydrogen-bond acceptors (Lipinski definition) is 3. The molecule has 2 rings (SSSR count). The molecular weight excluding hydrogens is 266 g/mol. The number of nitriles is 1. The van der Waals surface area contributed by atoms with Crippen LogP contribution in [0.2, 0.25) is 4.34 Å². The lowest BCUT2D eigenvalue weighted by molar-refractivity contribution is 0.105. The van der Waals surface area contributed by atoms with Crippen LogP contribution < -0.4 is 0 Å². The molecule has 0 atom stereocenters. The van der Waals surface area contributed by atoms with Crippen molar-refractivity contribution in [3.05, 3.63) is 62.8 Å². The largest absolute Gasteiger partial charge is 0.288 e. The van der Waals surface area contributed by atoms with Crippen LogP contribution in [0.25, 0.3) is 6.08 Å². The molecule has 2 nitrogen and oxygen atoms in total. The third-order valence-corrected chi connectivity index (χ3v) is 3.53. The first-order chi connectivity index (χ1) is 8.69. The number of benzene rings is 1. The number of nitrogens with zero attached hydrogens (tertiary/aromatic N) is 1. The van der Waals surface area contributed by atoms with Crippen molar-refractivity contribution in [2.24, 2.45) is 0 Å². The predicted molar refractivity (Wildman–Crippen MR) is 73.9 cm³/mol. The molecule has 0 saturated carbocycles. The Hall–Kier alpha value is -1.89. The molecule has 0 fully saturated rings. The van der Waals surface area contributed by atoms with Gasteiger partial charge in [0, 0.05) is 0 Å². The highest BCUT2D eigenvalue weighted by molar-refractivity contribution is 7.18. The SMILES string of the molecule is N#Cc1ccc(/C=C/C(=O)c2ccc(Cl)s2)cc1. The summed E-state index contributed by atoms with van der Waals surface area (Å²) < 4.78 is 0.602. The first kappa shape index (κ1) is 12.6. The number of carbonyl (C=O) groups excluding carboxylic acids is 1. The minimum Gasteiger partial charge on any atom is -0.288 e. The van der Waals surface area contributed by atoms with Crippen molar-refractivity contribution in [2.75, 3.05) is 0 Å². The number of carbonyl (C=O) groups is 1. The molecule has 0 saturated heterocycles. The molecular formula is C14H8ClNOS. The minimum atomic E-state index is -0.0729. The Morgan fingerprint density at radius 3 is 2.50 bits per heavy atom. The van der Waals surface area contributed by atoms with E-state index in [0.29, 0.717) is 14.8 Å². The summed E-state index contributed by atoms with van der Waals surface area (Å²) in [6.07, 6.45) is 3.22. The Morgan fingerprint density at radius 2 is 1.94 bits per heavy atom. The van der Waals surface area contributed by atoms with Gasteiger partial charge < -0.3 is 0 Å². The van der Waals surface area contributed by atoms with Crippen LogP contribution in [-0.4, -0.2) is 5.78 Å². The van der Waals surface area contributed by atoms with Crippen molar-refractivity contribution in [1.82, 2.24) is 0 Å². The van der Waals surface area contributed by atoms with E-state index in [2.05, 4.69) is 0 Å². The molecule has 0 aliphatic heterocycles. The Bertz CT molecular complexity index is 635. The van der Waals surface area contributed by atoms with Gasteiger partial charge in [-0.15, -0.1) is 11.3 Å². The van der Waals surface area contributed by atoms with Gasteiger partial charge in [-0.05, 0) is 35.9 Å². The fraction of sp³-hybridized carbons (Fsp3) is 0. The van der Waals surface area contributed by atoms with Crippen LogP contribution in [0.3, 0.4) is 0 Å². The standard InChI is InChI=1S/C14H8ClNOS/c15-14-8-7-13(18-14)12(17)6-5-10-1-3-11(9-16)4-2-10/h1-8H/b6-5+. The lowest BCUT2D eigenvalue weighted by Gasteiger charge is -1.93. The summed E-state index contributed by atoms with van der Waals surface area (Å²) in [6.45, 7) is 0. The Labute approximate surface area is 114 Å². The number of allylic oxidation sites excluding steroid dienone is 1. The number of halogens is 1. The molecule has 0 bridgehead atoms. The number of ketones is 1. The third-order valence-electron chi connectivity index (χ3n) is 2.28. The van der Waals surface area contributed by atoms with Crippen LogP contribution in [-0.2, 0) is 0 Å². The first-order valence-corrected chi connectivity index (χ1v) is 6.36. The normalized spacial score (nSPS) is 10.4. The molecule has 0 aliphatic rings. The van der Waals surface area contributed by atoms with Crippen molar-refractivity contribution in [1.29, 1.82) is 5.26 Å². The second-order valence-electron chi connectivity index (χ2n) is 3.54. The molecule has 0 radical (unpaired) electrons. The smallest absolute Gasteiger partial charge is 0.195 e. The summed E-state index contributed by atoms with van der Waals surface area (Å²) in [7, 11) is 0. The quantitative estimate of drug-likeness (QED) is 0.622. The average Bonchev–Trinajstić information content (AvgIpc) is 2.83. The van der Waals surface area contributed by atoms with Crippen molar-refractivity contribution < 1.29 is 4.79 Å². The van der Waals surface area contributed by atoms with Crippen molar-refractivity contribution in [2.45, 2.75) is 0 Å². The van der Waals surface area contributed by atoms with E-state index in [1.54, 1.807) is 42.5 Å². The van der Waals surface area contributed by atoms with E-state index in [0.717, 1.165) is 5.56 Å². The molecule has 0 aliphatic carbocycles. The molecule has 0 spiro atoms. The third kappa shape index (κ3) is 3.07. The fourth-order valence-electron chi connectivity index (χ4n) is 1.37. The van der Waals surface area contributed by atoms with E-state index in [4.69, 9.17) is 16.9 Å². The zero-order valence-electron chi connectivity index (χ0n) is 9.26. The summed E-state index contributed by atoms with van der Waals surface area (Å²) in [5.74, 6) is -0.0729. The highest BCUT2D eigenvalue weighted by Crippen LogP contribution is 2.22. The topological polar surface area (TPSA) is 40.9 Å². The number of hydrogen-bond donors (Lipinski definition) is 0. The maximum atomic E-state index is 11.8. The van der Waals surface area contributed by atoms with Gasteiger partial charge in [-0.1, -0.05) is 29.8 Å². The van der Waals surface area contributed by atoms with E-state index < -0.39 is 0 Å². The molecule has 0 N–H and O–H groups in total. The Kier molecular flexibility index (Phi) is 3.93. The van der Waals surface area contributed by atoms with E-state index >= 15 is 0 Å². The molecule has 1 aromatic heterocycles. The monoisotopic (exact) mass is 273 g/mol. The summed E-state index contributed by atoms with van der Waals surface area (Å²) >= 11 is 7.03. The summed E-state index contributed by atoms with van der Waals surface area (Å²) in [4.78, 5) is 12.4. The molecule has 4 heteroatoms. The minimum absolute atomic E-state index is 0.0729. The Balaban J connectivity index is 2.11. The van der Waals surface area contributed by atoms with Gasteiger partial charge >= 0.3 is 0 Å². The highest BCUT2D eigenvalue weighted by Gasteiger charge is 2.04. The zero-order valence-corrected chi connectivity index (χ0v) is 10.8. The molecule has 0 unspecified atom stereocenters. The average molecular weight is 274 g/mol. The van der Waals surface area contributed by atoms with Gasteiger partial charge in [-0.2, -0.15) is 5.26 Å². The number of thiophene rings is 1. The van der Waals surface area contributed by atoms with Crippen LogP contribution in [0.5, 0.6) is 0 Å². The molecule has 0 amide bonds.